The van der Waals surface area contributed by atoms with E-state index in [9.17, 15) is 0 Å². The maximum atomic E-state index is 5.12. The number of rotatable bonds is 6. The molecule has 0 amide bonds. The number of likely N-dealkylation sites (N-methyl/N-ethyl adjacent to an activating group) is 1. The van der Waals surface area contributed by atoms with Crippen molar-refractivity contribution in [2.45, 2.75) is 33.1 Å². The largest absolute Gasteiger partial charge is 0.472 e. The van der Waals surface area contributed by atoms with Crippen molar-refractivity contribution in [1.82, 2.24) is 15.3 Å². The van der Waals surface area contributed by atoms with Gasteiger partial charge < -0.3 is 9.73 Å². The van der Waals surface area contributed by atoms with Crippen molar-refractivity contribution in [3.63, 3.8) is 0 Å². The normalized spacial score (nSPS) is 10.9. The first-order valence-corrected chi connectivity index (χ1v) is 6.85. The van der Waals surface area contributed by atoms with Crippen molar-refractivity contribution in [2.75, 3.05) is 13.6 Å². The highest BCUT2D eigenvalue weighted by molar-refractivity contribution is 5.53. The van der Waals surface area contributed by atoms with Crippen LogP contribution in [0.2, 0.25) is 0 Å². The molecule has 0 spiro atoms. The van der Waals surface area contributed by atoms with Gasteiger partial charge in [0, 0.05) is 11.4 Å². The van der Waals surface area contributed by atoms with Gasteiger partial charge in [-0.1, -0.05) is 13.8 Å². The van der Waals surface area contributed by atoms with E-state index in [0.717, 1.165) is 48.6 Å². The Kier molecular flexibility index (Phi) is 4.68. The number of hydrogen-bond acceptors (Lipinski definition) is 4. The molecule has 2 aromatic rings. The summed E-state index contributed by atoms with van der Waals surface area (Å²) in [4.78, 5) is 9.39. The molecule has 0 bridgehead atoms. The van der Waals surface area contributed by atoms with Gasteiger partial charge in [-0.25, -0.2) is 9.97 Å². The number of nitrogens with one attached hydrogen (secondary N) is 1. The number of furan rings is 1. The minimum absolute atomic E-state index is 0.774. The van der Waals surface area contributed by atoms with Gasteiger partial charge in [0.05, 0.1) is 11.8 Å². The van der Waals surface area contributed by atoms with E-state index in [4.69, 9.17) is 14.4 Å². The third kappa shape index (κ3) is 3.01. The summed E-state index contributed by atoms with van der Waals surface area (Å²) in [6.07, 6.45) is 6.19. The van der Waals surface area contributed by atoms with Gasteiger partial charge in [0.15, 0.2) is 5.82 Å². The fourth-order valence-electron chi connectivity index (χ4n) is 2.23. The maximum Gasteiger partial charge on any atom is 0.162 e. The van der Waals surface area contributed by atoms with Gasteiger partial charge in [-0.3, -0.25) is 0 Å². The predicted molar refractivity (Wildman–Crippen MR) is 76.1 cm³/mol. The number of aryl methyl sites for hydroxylation is 2. The minimum Gasteiger partial charge on any atom is -0.472 e. The Morgan fingerprint density at radius 1 is 1.16 bits per heavy atom. The van der Waals surface area contributed by atoms with Crippen LogP contribution in [0.15, 0.2) is 23.0 Å². The van der Waals surface area contributed by atoms with Crippen LogP contribution in [-0.2, 0) is 19.3 Å². The van der Waals surface area contributed by atoms with Crippen molar-refractivity contribution in [1.29, 1.82) is 0 Å². The molecule has 0 unspecified atom stereocenters. The van der Waals surface area contributed by atoms with Crippen molar-refractivity contribution in [2.24, 2.45) is 0 Å². The highest BCUT2D eigenvalue weighted by atomic mass is 16.3. The lowest BCUT2D eigenvalue weighted by atomic mass is 10.0. The van der Waals surface area contributed by atoms with Crippen molar-refractivity contribution >= 4 is 0 Å². The van der Waals surface area contributed by atoms with Gasteiger partial charge >= 0.3 is 0 Å². The molecule has 4 nitrogen and oxygen atoms in total. The standard InChI is InChI=1S/C15H21N3O/c1-4-13-12(6-8-16-3)14(5-2)18-15(17-13)11-7-9-19-10-11/h7,9-10,16H,4-6,8H2,1-3H3. The molecule has 2 aromatic heterocycles. The third-order valence-electron chi connectivity index (χ3n) is 3.25. The predicted octanol–water partition coefficient (Wildman–Crippen LogP) is 2.62. The quantitative estimate of drug-likeness (QED) is 0.866. The van der Waals surface area contributed by atoms with Crippen LogP contribution in [0.1, 0.15) is 30.8 Å². The first-order valence-electron chi connectivity index (χ1n) is 6.85. The zero-order valence-corrected chi connectivity index (χ0v) is 11.9. The van der Waals surface area contributed by atoms with Crippen LogP contribution >= 0.6 is 0 Å². The molecule has 102 valence electrons. The first kappa shape index (κ1) is 13.7. The fourth-order valence-corrected chi connectivity index (χ4v) is 2.23. The molecule has 0 saturated heterocycles. The second kappa shape index (κ2) is 6.48. The molecular weight excluding hydrogens is 238 g/mol. The molecule has 0 aliphatic rings. The van der Waals surface area contributed by atoms with E-state index in [0.29, 0.717) is 0 Å². The Morgan fingerprint density at radius 2 is 1.84 bits per heavy atom. The average Bonchev–Trinajstić information content (AvgIpc) is 2.98. The minimum atomic E-state index is 0.774. The van der Waals surface area contributed by atoms with Gasteiger partial charge in [-0.2, -0.15) is 0 Å². The number of nitrogens with zero attached hydrogens (tertiary/aromatic N) is 2. The molecule has 0 fully saturated rings. The van der Waals surface area contributed by atoms with E-state index >= 15 is 0 Å². The Labute approximate surface area is 114 Å². The molecular formula is C15H21N3O. The van der Waals surface area contributed by atoms with Crippen LogP contribution in [-0.4, -0.2) is 23.6 Å². The Morgan fingerprint density at radius 3 is 2.32 bits per heavy atom. The lowest BCUT2D eigenvalue weighted by Crippen LogP contribution is -2.15. The van der Waals surface area contributed by atoms with E-state index in [1.165, 1.54) is 5.56 Å². The van der Waals surface area contributed by atoms with Crippen LogP contribution < -0.4 is 5.32 Å². The summed E-state index contributed by atoms with van der Waals surface area (Å²) in [5.41, 5.74) is 4.55. The van der Waals surface area contributed by atoms with Crippen molar-refractivity contribution in [3.8, 4) is 11.4 Å². The van der Waals surface area contributed by atoms with Crippen LogP contribution in [0.5, 0.6) is 0 Å². The molecule has 0 aliphatic carbocycles. The van der Waals surface area contributed by atoms with E-state index in [1.54, 1.807) is 12.5 Å². The van der Waals surface area contributed by atoms with E-state index in [-0.39, 0.29) is 0 Å². The van der Waals surface area contributed by atoms with Crippen molar-refractivity contribution in [3.05, 3.63) is 35.5 Å². The highest BCUT2D eigenvalue weighted by Crippen LogP contribution is 2.21. The lowest BCUT2D eigenvalue weighted by Gasteiger charge is -2.13. The van der Waals surface area contributed by atoms with Crippen LogP contribution in [0.4, 0.5) is 0 Å². The summed E-state index contributed by atoms with van der Waals surface area (Å²) >= 11 is 0. The fraction of sp³-hybridized carbons (Fsp3) is 0.467. The smallest absolute Gasteiger partial charge is 0.162 e. The first-order chi connectivity index (χ1) is 9.30. The van der Waals surface area contributed by atoms with E-state index < -0.39 is 0 Å². The summed E-state index contributed by atoms with van der Waals surface area (Å²) in [5, 5.41) is 3.19. The zero-order chi connectivity index (χ0) is 13.7. The van der Waals surface area contributed by atoms with E-state index in [1.807, 2.05) is 13.1 Å². The Bertz CT molecular complexity index is 495. The van der Waals surface area contributed by atoms with Crippen LogP contribution in [0.3, 0.4) is 0 Å². The van der Waals surface area contributed by atoms with Gasteiger partial charge in [0.2, 0.25) is 0 Å². The van der Waals surface area contributed by atoms with E-state index in [2.05, 4.69) is 19.2 Å². The van der Waals surface area contributed by atoms with Gasteiger partial charge in [0.1, 0.15) is 6.26 Å². The molecule has 19 heavy (non-hydrogen) atoms. The van der Waals surface area contributed by atoms with Crippen LogP contribution in [0, 0.1) is 0 Å². The summed E-state index contributed by atoms with van der Waals surface area (Å²) in [5.74, 6) is 0.774. The zero-order valence-electron chi connectivity index (χ0n) is 11.9. The van der Waals surface area contributed by atoms with Gasteiger partial charge in [-0.15, -0.1) is 0 Å². The number of hydrogen-bond donors (Lipinski definition) is 1. The molecule has 4 heteroatoms. The summed E-state index contributed by atoms with van der Waals surface area (Å²) in [6.45, 7) is 5.24. The molecule has 0 aromatic carbocycles. The molecule has 2 heterocycles. The SMILES string of the molecule is CCc1nc(-c2ccoc2)nc(CC)c1CCNC. The number of aromatic nitrogens is 2. The van der Waals surface area contributed by atoms with Crippen molar-refractivity contribution < 1.29 is 4.42 Å². The molecule has 0 atom stereocenters. The Balaban J connectivity index is 2.45. The topological polar surface area (TPSA) is 51.0 Å². The summed E-state index contributed by atoms with van der Waals surface area (Å²) in [6, 6.07) is 1.90. The molecule has 0 radical (unpaired) electrons. The van der Waals surface area contributed by atoms with Gasteiger partial charge in [-0.05, 0) is 44.5 Å². The van der Waals surface area contributed by atoms with Crippen LogP contribution in [0.25, 0.3) is 11.4 Å². The maximum absolute atomic E-state index is 5.12. The molecule has 1 N–H and O–H groups in total. The average molecular weight is 259 g/mol. The summed E-state index contributed by atoms with van der Waals surface area (Å²) < 4.78 is 5.12. The second-order valence-electron chi connectivity index (χ2n) is 4.49. The highest BCUT2D eigenvalue weighted by Gasteiger charge is 2.13. The molecule has 0 saturated carbocycles. The Hall–Kier alpha value is -1.68. The monoisotopic (exact) mass is 259 g/mol. The lowest BCUT2D eigenvalue weighted by molar-refractivity contribution is 0.568. The van der Waals surface area contributed by atoms with Gasteiger partial charge in [0.25, 0.3) is 0 Å². The third-order valence-corrected chi connectivity index (χ3v) is 3.25. The molecule has 0 aliphatic heterocycles. The second-order valence-corrected chi connectivity index (χ2v) is 4.49. The summed E-state index contributed by atoms with van der Waals surface area (Å²) in [7, 11) is 1.97. The molecule has 2 rings (SSSR count).